The molecule has 9 nitrogen and oxygen atoms in total. The van der Waals surface area contributed by atoms with Crippen molar-refractivity contribution in [2.24, 2.45) is 5.92 Å². The molecule has 234 valence electrons. The smallest absolute Gasteiger partial charge is 0.410 e. The maximum absolute atomic E-state index is 13.1. The van der Waals surface area contributed by atoms with Gasteiger partial charge in [-0.1, -0.05) is 67.6 Å². The molecule has 2 aromatic rings. The largest absolute Gasteiger partial charge is 0.444 e. The quantitative estimate of drug-likeness (QED) is 0.306. The molecule has 2 aromatic carbocycles. The maximum Gasteiger partial charge on any atom is 0.410 e. The van der Waals surface area contributed by atoms with E-state index in [1.54, 1.807) is 20.8 Å². The molecule has 0 saturated carbocycles. The Kier molecular flexibility index (Phi) is 13.2. The first-order chi connectivity index (χ1) is 20.5. The van der Waals surface area contributed by atoms with Crippen molar-refractivity contribution in [2.75, 3.05) is 19.6 Å². The van der Waals surface area contributed by atoms with E-state index in [4.69, 9.17) is 9.47 Å². The minimum absolute atomic E-state index is 0.0100. The lowest BCUT2D eigenvalue weighted by molar-refractivity contribution is -0.133. The SMILES string of the molecule is CC(CCNC(=O)C1CCCN1C(=O)OC(C)(C)C)CC(=O)NCC(=O)C(CCc1ccccc1)OCc1ccccc1. The third-order valence-corrected chi connectivity index (χ3v) is 7.30. The summed E-state index contributed by atoms with van der Waals surface area (Å²) in [4.78, 5) is 52.4. The van der Waals surface area contributed by atoms with E-state index in [2.05, 4.69) is 10.6 Å². The van der Waals surface area contributed by atoms with E-state index >= 15 is 0 Å². The molecule has 1 aliphatic heterocycles. The molecule has 1 aliphatic rings. The van der Waals surface area contributed by atoms with E-state index in [0.717, 1.165) is 17.5 Å². The highest BCUT2D eigenvalue weighted by Gasteiger charge is 2.36. The zero-order valence-electron chi connectivity index (χ0n) is 26.0. The number of ether oxygens (including phenoxy) is 2. The standard InChI is InChI=1S/C34H47N3O6/c1-25(19-20-35-32(40)28-16-11-21-37(28)33(41)43-34(2,3)4)22-31(39)36-23-29(38)30(18-17-26-12-7-5-8-13-26)42-24-27-14-9-6-10-15-27/h5-10,12-15,25,28,30H,11,16-24H2,1-4H3,(H,35,40)(H,36,39). The first kappa shape index (κ1) is 33.8. The van der Waals surface area contributed by atoms with Crippen molar-refractivity contribution in [1.82, 2.24) is 15.5 Å². The van der Waals surface area contributed by atoms with Crippen LogP contribution in [0.2, 0.25) is 0 Å². The number of benzene rings is 2. The van der Waals surface area contributed by atoms with Crippen molar-refractivity contribution in [2.45, 2.75) is 90.6 Å². The Morgan fingerprint density at radius 1 is 0.930 bits per heavy atom. The number of amides is 3. The Morgan fingerprint density at radius 2 is 1.58 bits per heavy atom. The summed E-state index contributed by atoms with van der Waals surface area (Å²) in [6.45, 7) is 8.43. The summed E-state index contributed by atoms with van der Waals surface area (Å²) in [6.07, 6.45) is 2.27. The number of likely N-dealkylation sites (tertiary alicyclic amines) is 1. The molecule has 1 fully saturated rings. The zero-order chi connectivity index (χ0) is 31.2. The molecule has 2 N–H and O–H groups in total. The second kappa shape index (κ2) is 16.8. The summed E-state index contributed by atoms with van der Waals surface area (Å²) in [5.74, 6) is -0.595. The number of aryl methyl sites for hydroxylation is 1. The molecule has 1 saturated heterocycles. The van der Waals surface area contributed by atoms with Crippen LogP contribution in [0, 0.1) is 5.92 Å². The summed E-state index contributed by atoms with van der Waals surface area (Å²) >= 11 is 0. The van der Waals surface area contributed by atoms with E-state index in [1.807, 2.05) is 67.6 Å². The predicted octanol–water partition coefficient (Wildman–Crippen LogP) is 4.82. The lowest BCUT2D eigenvalue weighted by Gasteiger charge is -2.28. The van der Waals surface area contributed by atoms with E-state index < -0.39 is 23.8 Å². The second-order valence-electron chi connectivity index (χ2n) is 12.3. The highest BCUT2D eigenvalue weighted by atomic mass is 16.6. The minimum atomic E-state index is -0.635. The van der Waals surface area contributed by atoms with Crippen LogP contribution < -0.4 is 10.6 Å². The van der Waals surface area contributed by atoms with Gasteiger partial charge in [0, 0.05) is 19.5 Å². The van der Waals surface area contributed by atoms with Gasteiger partial charge >= 0.3 is 6.09 Å². The molecule has 0 bridgehead atoms. The summed E-state index contributed by atoms with van der Waals surface area (Å²) < 4.78 is 11.5. The summed E-state index contributed by atoms with van der Waals surface area (Å²) in [7, 11) is 0. The summed E-state index contributed by atoms with van der Waals surface area (Å²) in [5.41, 5.74) is 1.48. The highest BCUT2D eigenvalue weighted by molar-refractivity contribution is 5.89. The summed E-state index contributed by atoms with van der Waals surface area (Å²) in [6, 6.07) is 19.1. The Bertz CT molecular complexity index is 1140. The number of rotatable bonds is 15. The van der Waals surface area contributed by atoms with Gasteiger partial charge in [0.05, 0.1) is 13.2 Å². The molecule has 1 heterocycles. The minimum Gasteiger partial charge on any atom is -0.444 e. The Morgan fingerprint density at radius 3 is 2.23 bits per heavy atom. The molecular formula is C34H47N3O6. The van der Waals surface area contributed by atoms with Gasteiger partial charge < -0.3 is 20.1 Å². The monoisotopic (exact) mass is 593 g/mol. The number of carbonyl (C=O) groups excluding carboxylic acids is 4. The van der Waals surface area contributed by atoms with Crippen LogP contribution in [0.1, 0.15) is 70.9 Å². The lowest BCUT2D eigenvalue weighted by atomic mass is 10.0. The molecule has 3 atom stereocenters. The highest BCUT2D eigenvalue weighted by Crippen LogP contribution is 2.21. The van der Waals surface area contributed by atoms with Gasteiger partial charge in [0.25, 0.3) is 0 Å². The normalized spacial score (nSPS) is 16.3. The molecule has 0 aliphatic carbocycles. The van der Waals surface area contributed by atoms with Gasteiger partial charge in [0.15, 0.2) is 5.78 Å². The first-order valence-electron chi connectivity index (χ1n) is 15.3. The maximum atomic E-state index is 13.1. The number of carbonyl (C=O) groups is 4. The molecule has 9 heteroatoms. The molecule has 3 rings (SSSR count). The van der Waals surface area contributed by atoms with Gasteiger partial charge in [-0.25, -0.2) is 4.79 Å². The van der Waals surface area contributed by atoms with Crippen molar-refractivity contribution in [3.63, 3.8) is 0 Å². The van der Waals surface area contributed by atoms with E-state index in [1.165, 1.54) is 4.90 Å². The van der Waals surface area contributed by atoms with Crippen LogP contribution in [0.15, 0.2) is 60.7 Å². The topological polar surface area (TPSA) is 114 Å². The average Bonchev–Trinajstić information content (AvgIpc) is 3.47. The van der Waals surface area contributed by atoms with Gasteiger partial charge in [0.2, 0.25) is 11.8 Å². The van der Waals surface area contributed by atoms with E-state index in [0.29, 0.717) is 45.4 Å². The Labute approximate surface area is 255 Å². The van der Waals surface area contributed by atoms with Gasteiger partial charge in [-0.05, 0) is 69.9 Å². The number of hydrogen-bond donors (Lipinski definition) is 2. The zero-order valence-corrected chi connectivity index (χ0v) is 26.0. The molecule has 0 aromatic heterocycles. The molecule has 43 heavy (non-hydrogen) atoms. The third kappa shape index (κ3) is 12.2. The van der Waals surface area contributed by atoms with Crippen LogP contribution in [0.5, 0.6) is 0 Å². The number of nitrogens with one attached hydrogen (secondary N) is 2. The average molecular weight is 594 g/mol. The van der Waals surface area contributed by atoms with Crippen LogP contribution in [0.4, 0.5) is 4.79 Å². The van der Waals surface area contributed by atoms with E-state index in [9.17, 15) is 19.2 Å². The third-order valence-electron chi connectivity index (χ3n) is 7.30. The van der Waals surface area contributed by atoms with Gasteiger partial charge in [-0.15, -0.1) is 0 Å². The molecule has 3 amide bonds. The molecule has 0 radical (unpaired) electrons. The van der Waals surface area contributed by atoms with Crippen LogP contribution in [-0.4, -0.2) is 66.0 Å². The number of ketones is 1. The van der Waals surface area contributed by atoms with Crippen LogP contribution in [-0.2, 0) is 36.9 Å². The Hall–Kier alpha value is -3.72. The number of Topliss-reactive ketones (excluding diaryl/α,β-unsaturated/α-hetero) is 1. The fourth-order valence-corrected chi connectivity index (χ4v) is 4.98. The van der Waals surface area contributed by atoms with Gasteiger partial charge in [0.1, 0.15) is 17.7 Å². The van der Waals surface area contributed by atoms with Gasteiger partial charge in [-0.3, -0.25) is 19.3 Å². The van der Waals surface area contributed by atoms with Crippen molar-refractivity contribution >= 4 is 23.7 Å². The fourth-order valence-electron chi connectivity index (χ4n) is 4.98. The van der Waals surface area contributed by atoms with Crippen LogP contribution >= 0.6 is 0 Å². The van der Waals surface area contributed by atoms with Gasteiger partial charge in [-0.2, -0.15) is 0 Å². The fraction of sp³-hybridized carbons (Fsp3) is 0.529. The van der Waals surface area contributed by atoms with Crippen molar-refractivity contribution < 1.29 is 28.7 Å². The van der Waals surface area contributed by atoms with Crippen molar-refractivity contribution in [3.8, 4) is 0 Å². The number of nitrogens with zero attached hydrogens (tertiary/aromatic N) is 1. The van der Waals surface area contributed by atoms with Crippen molar-refractivity contribution in [3.05, 3.63) is 71.8 Å². The molecule has 0 spiro atoms. The summed E-state index contributed by atoms with van der Waals surface area (Å²) in [5, 5.41) is 5.66. The predicted molar refractivity (Wildman–Crippen MR) is 165 cm³/mol. The molecular weight excluding hydrogens is 546 g/mol. The van der Waals surface area contributed by atoms with E-state index in [-0.39, 0.29) is 36.5 Å². The van der Waals surface area contributed by atoms with Crippen LogP contribution in [0.25, 0.3) is 0 Å². The van der Waals surface area contributed by atoms with Crippen molar-refractivity contribution in [1.29, 1.82) is 0 Å². The lowest BCUT2D eigenvalue weighted by Crippen LogP contribution is -2.47. The second-order valence-corrected chi connectivity index (χ2v) is 12.3. The number of hydrogen-bond acceptors (Lipinski definition) is 6. The first-order valence-corrected chi connectivity index (χ1v) is 15.3. The van der Waals surface area contributed by atoms with Crippen LogP contribution in [0.3, 0.4) is 0 Å². The molecule has 3 unspecified atom stereocenters. The Balaban J connectivity index is 1.40.